The molecule has 0 aliphatic carbocycles. The molecule has 6 heteroatoms. The van der Waals surface area contributed by atoms with Crippen LogP contribution in [0.3, 0.4) is 0 Å². The molecule has 2 N–H and O–H groups in total. The first-order valence-electron chi connectivity index (χ1n) is 5.79. The topological polar surface area (TPSA) is 78.9 Å². The Balaban J connectivity index is 2.77. The van der Waals surface area contributed by atoms with Gasteiger partial charge in [0.05, 0.1) is 6.61 Å². The van der Waals surface area contributed by atoms with Gasteiger partial charge in [0, 0.05) is 19.8 Å². The number of hydrogen-bond acceptors (Lipinski definition) is 3. The molecule has 0 bridgehead atoms. The van der Waals surface area contributed by atoms with Crippen LogP contribution < -0.4 is 10.2 Å². The van der Waals surface area contributed by atoms with Gasteiger partial charge in [0.1, 0.15) is 0 Å². The summed E-state index contributed by atoms with van der Waals surface area (Å²) in [6.45, 7) is 1.80. The maximum Gasteiger partial charge on any atom is 0.328 e. The van der Waals surface area contributed by atoms with Gasteiger partial charge in [-0.2, -0.15) is 0 Å². The molecule has 19 heavy (non-hydrogen) atoms. The number of aryl methyl sites for hydroxylation is 1. The Bertz CT molecular complexity index is 462. The minimum Gasteiger partial charge on any atom is -0.480 e. The number of anilines is 1. The zero-order chi connectivity index (χ0) is 14.4. The monoisotopic (exact) mass is 266 g/mol. The number of methoxy groups -OCH3 is 1. The Hall–Kier alpha value is -2.08. The number of nitrogens with one attached hydrogen (secondary N) is 1. The summed E-state index contributed by atoms with van der Waals surface area (Å²) in [5.74, 6) is -1.13. The largest absolute Gasteiger partial charge is 0.480 e. The third-order valence-electron chi connectivity index (χ3n) is 2.71. The molecule has 0 aromatic heterocycles. The summed E-state index contributed by atoms with van der Waals surface area (Å²) in [5.41, 5.74) is 1.65. The van der Waals surface area contributed by atoms with E-state index < -0.39 is 18.0 Å². The van der Waals surface area contributed by atoms with Crippen molar-refractivity contribution in [2.75, 3.05) is 25.7 Å². The molecule has 1 aromatic carbocycles. The van der Waals surface area contributed by atoms with Gasteiger partial charge in [-0.25, -0.2) is 9.59 Å². The van der Waals surface area contributed by atoms with Crippen molar-refractivity contribution in [3.63, 3.8) is 0 Å². The molecule has 0 fully saturated rings. The highest BCUT2D eigenvalue weighted by molar-refractivity contribution is 5.94. The molecular weight excluding hydrogens is 248 g/mol. The van der Waals surface area contributed by atoms with Crippen LogP contribution in [0.4, 0.5) is 10.5 Å². The fourth-order valence-corrected chi connectivity index (χ4v) is 1.64. The third kappa shape index (κ3) is 3.96. The van der Waals surface area contributed by atoms with E-state index in [0.717, 1.165) is 11.3 Å². The van der Waals surface area contributed by atoms with Gasteiger partial charge in [-0.3, -0.25) is 4.90 Å². The average molecular weight is 266 g/mol. The highest BCUT2D eigenvalue weighted by atomic mass is 16.5. The lowest BCUT2D eigenvalue weighted by atomic mass is 10.2. The van der Waals surface area contributed by atoms with Crippen LogP contribution in [0.1, 0.15) is 5.56 Å². The summed E-state index contributed by atoms with van der Waals surface area (Å²) in [6.07, 6.45) is 0. The Morgan fingerprint density at radius 1 is 1.42 bits per heavy atom. The van der Waals surface area contributed by atoms with Crippen LogP contribution in [0.2, 0.25) is 0 Å². The van der Waals surface area contributed by atoms with Crippen molar-refractivity contribution in [2.24, 2.45) is 0 Å². The van der Waals surface area contributed by atoms with Crippen molar-refractivity contribution in [1.29, 1.82) is 0 Å². The van der Waals surface area contributed by atoms with Crippen LogP contribution in [-0.2, 0) is 9.53 Å². The van der Waals surface area contributed by atoms with Gasteiger partial charge in [-0.15, -0.1) is 0 Å². The summed E-state index contributed by atoms with van der Waals surface area (Å²) < 4.78 is 4.76. The van der Waals surface area contributed by atoms with Crippen molar-refractivity contribution in [1.82, 2.24) is 5.32 Å². The number of carbonyl (C=O) groups is 2. The molecule has 2 amide bonds. The van der Waals surface area contributed by atoms with Crippen LogP contribution in [0.5, 0.6) is 0 Å². The number of para-hydroxylation sites is 1. The van der Waals surface area contributed by atoms with Crippen molar-refractivity contribution in [3.05, 3.63) is 29.8 Å². The molecule has 6 nitrogen and oxygen atoms in total. The molecule has 0 aliphatic heterocycles. The second-order valence-corrected chi connectivity index (χ2v) is 4.14. The lowest BCUT2D eigenvalue weighted by Gasteiger charge is -2.22. The molecule has 104 valence electrons. The van der Waals surface area contributed by atoms with Gasteiger partial charge in [0.15, 0.2) is 6.04 Å². The normalized spacial score (nSPS) is 11.7. The number of hydrogen-bond donors (Lipinski definition) is 2. The fraction of sp³-hybridized carbons (Fsp3) is 0.385. The van der Waals surface area contributed by atoms with Crippen molar-refractivity contribution >= 4 is 17.7 Å². The molecule has 0 heterocycles. The van der Waals surface area contributed by atoms with Crippen molar-refractivity contribution in [3.8, 4) is 0 Å². The van der Waals surface area contributed by atoms with E-state index in [1.54, 1.807) is 13.1 Å². The minimum atomic E-state index is -1.13. The van der Waals surface area contributed by atoms with Crippen LogP contribution in [0.15, 0.2) is 24.3 Å². The van der Waals surface area contributed by atoms with Gasteiger partial charge in [-0.1, -0.05) is 18.2 Å². The first kappa shape index (κ1) is 15.0. The van der Waals surface area contributed by atoms with Gasteiger partial charge < -0.3 is 15.2 Å². The molecule has 0 aliphatic rings. The molecule has 0 spiro atoms. The summed E-state index contributed by atoms with van der Waals surface area (Å²) in [4.78, 5) is 24.3. The first-order valence-corrected chi connectivity index (χ1v) is 5.79. The lowest BCUT2D eigenvalue weighted by Crippen LogP contribution is -2.49. The van der Waals surface area contributed by atoms with E-state index in [2.05, 4.69) is 5.32 Å². The predicted molar refractivity (Wildman–Crippen MR) is 71.4 cm³/mol. The SMILES string of the molecule is COCC(NC(=O)N(C)c1ccccc1C)C(=O)O. The zero-order valence-corrected chi connectivity index (χ0v) is 11.2. The summed E-state index contributed by atoms with van der Waals surface area (Å²) >= 11 is 0. The summed E-state index contributed by atoms with van der Waals surface area (Å²) in [7, 11) is 2.97. The van der Waals surface area contributed by atoms with Crippen molar-refractivity contribution < 1.29 is 19.4 Å². The molecule has 0 saturated heterocycles. The van der Waals surface area contributed by atoms with Gasteiger partial charge in [0.25, 0.3) is 0 Å². The van der Waals surface area contributed by atoms with Gasteiger partial charge >= 0.3 is 12.0 Å². The number of rotatable bonds is 5. The minimum absolute atomic E-state index is 0.0807. The number of nitrogens with zero attached hydrogens (tertiary/aromatic N) is 1. The smallest absolute Gasteiger partial charge is 0.328 e. The fourth-order valence-electron chi connectivity index (χ4n) is 1.64. The second-order valence-electron chi connectivity index (χ2n) is 4.14. The Kier molecular flexibility index (Phi) is 5.32. The molecular formula is C13H18N2O4. The highest BCUT2D eigenvalue weighted by Gasteiger charge is 2.22. The first-order chi connectivity index (χ1) is 8.97. The molecule has 1 aromatic rings. The maximum absolute atomic E-state index is 12.0. The standard InChI is InChI=1S/C13H18N2O4/c1-9-6-4-5-7-11(9)15(2)13(18)14-10(8-19-3)12(16)17/h4-7,10H,8H2,1-3H3,(H,14,18)(H,16,17). The molecule has 0 radical (unpaired) electrons. The zero-order valence-electron chi connectivity index (χ0n) is 11.2. The Morgan fingerprint density at radius 3 is 2.58 bits per heavy atom. The number of carbonyl (C=O) groups excluding carboxylic acids is 1. The Morgan fingerprint density at radius 2 is 2.05 bits per heavy atom. The third-order valence-corrected chi connectivity index (χ3v) is 2.71. The number of aliphatic carboxylic acids is 1. The summed E-state index contributed by atoms with van der Waals surface area (Å²) in [6, 6.07) is 5.80. The van der Waals surface area contributed by atoms with Crippen LogP contribution in [-0.4, -0.2) is 43.9 Å². The van der Waals surface area contributed by atoms with Crippen LogP contribution in [0.25, 0.3) is 0 Å². The van der Waals surface area contributed by atoms with E-state index in [1.165, 1.54) is 12.0 Å². The molecule has 0 saturated carbocycles. The number of amides is 2. The van der Waals surface area contributed by atoms with Crippen molar-refractivity contribution in [2.45, 2.75) is 13.0 Å². The van der Waals surface area contributed by atoms with E-state index in [0.29, 0.717) is 0 Å². The molecule has 1 rings (SSSR count). The quantitative estimate of drug-likeness (QED) is 0.840. The lowest BCUT2D eigenvalue weighted by molar-refractivity contribution is -0.140. The number of benzene rings is 1. The van der Waals surface area contributed by atoms with Gasteiger partial charge in [-0.05, 0) is 18.6 Å². The van der Waals surface area contributed by atoms with E-state index in [-0.39, 0.29) is 6.61 Å². The van der Waals surface area contributed by atoms with E-state index in [4.69, 9.17) is 9.84 Å². The number of urea groups is 1. The maximum atomic E-state index is 12.0. The van der Waals surface area contributed by atoms with E-state index >= 15 is 0 Å². The number of carboxylic acid groups (broad SMARTS) is 1. The van der Waals surface area contributed by atoms with Gasteiger partial charge in [0.2, 0.25) is 0 Å². The highest BCUT2D eigenvalue weighted by Crippen LogP contribution is 2.17. The molecule has 1 unspecified atom stereocenters. The Labute approximate surface area is 112 Å². The van der Waals surface area contributed by atoms with Crippen LogP contribution >= 0.6 is 0 Å². The summed E-state index contributed by atoms with van der Waals surface area (Å²) in [5, 5.41) is 11.4. The van der Waals surface area contributed by atoms with Crippen LogP contribution in [0, 0.1) is 6.92 Å². The van der Waals surface area contributed by atoms with E-state index in [1.807, 2.05) is 25.1 Å². The molecule has 1 atom stereocenters. The van der Waals surface area contributed by atoms with E-state index in [9.17, 15) is 9.59 Å². The number of ether oxygens (including phenoxy) is 1. The average Bonchev–Trinajstić information content (AvgIpc) is 2.37. The number of carboxylic acids is 1. The second kappa shape index (κ2) is 6.75. The predicted octanol–water partition coefficient (Wildman–Crippen LogP) is 1.24.